The molecule has 0 atom stereocenters. The number of carbonyl (C=O) groups is 2. The molecule has 1 aliphatic rings. The molecule has 1 saturated heterocycles. The van der Waals surface area contributed by atoms with Crippen LogP contribution in [0.4, 0.5) is 0 Å². The first kappa shape index (κ1) is 16.9. The molecule has 0 aromatic rings. The Hall–Kier alpha value is -1.14. The lowest BCUT2D eigenvalue weighted by Gasteiger charge is -2.27. The number of carbonyl (C=O) groups excluding carboxylic acids is 1. The summed E-state index contributed by atoms with van der Waals surface area (Å²) in [4.78, 5) is 26.5. The van der Waals surface area contributed by atoms with Crippen LogP contribution in [0.1, 0.15) is 26.7 Å². The van der Waals surface area contributed by atoms with Crippen molar-refractivity contribution in [3.63, 3.8) is 0 Å². The van der Waals surface area contributed by atoms with Gasteiger partial charge in [0.1, 0.15) is 0 Å². The van der Waals surface area contributed by atoms with Crippen molar-refractivity contribution in [1.29, 1.82) is 0 Å². The Bertz CT molecular complexity index is 314. The number of carboxylic acids is 1. The SMILES string of the molecule is CC(C)CN(CCCC(=O)N1CCOCC1)CC(=O)O. The average Bonchev–Trinajstić information content (AvgIpc) is 2.38. The van der Waals surface area contributed by atoms with E-state index in [0.29, 0.717) is 51.6 Å². The molecule has 0 unspecified atom stereocenters. The molecule has 6 heteroatoms. The Morgan fingerprint density at radius 2 is 1.95 bits per heavy atom. The summed E-state index contributed by atoms with van der Waals surface area (Å²) in [6.45, 7) is 8.14. The van der Waals surface area contributed by atoms with Crippen LogP contribution in [-0.4, -0.2) is 72.7 Å². The summed E-state index contributed by atoms with van der Waals surface area (Å²) in [6, 6.07) is 0. The molecule has 1 amide bonds. The zero-order valence-electron chi connectivity index (χ0n) is 12.5. The molecule has 1 aliphatic heterocycles. The van der Waals surface area contributed by atoms with E-state index in [1.54, 1.807) is 0 Å². The summed E-state index contributed by atoms with van der Waals surface area (Å²) in [5, 5.41) is 8.88. The minimum Gasteiger partial charge on any atom is -0.480 e. The molecule has 0 bridgehead atoms. The fourth-order valence-electron chi connectivity index (χ4n) is 2.37. The maximum absolute atomic E-state index is 12.0. The van der Waals surface area contributed by atoms with Crippen LogP contribution >= 0.6 is 0 Å². The van der Waals surface area contributed by atoms with E-state index < -0.39 is 5.97 Å². The first-order valence-electron chi connectivity index (χ1n) is 7.28. The van der Waals surface area contributed by atoms with Gasteiger partial charge in [0.2, 0.25) is 5.91 Å². The fourth-order valence-corrected chi connectivity index (χ4v) is 2.37. The number of amides is 1. The van der Waals surface area contributed by atoms with Gasteiger partial charge in [0.05, 0.1) is 19.8 Å². The highest BCUT2D eigenvalue weighted by atomic mass is 16.5. The van der Waals surface area contributed by atoms with E-state index in [4.69, 9.17) is 9.84 Å². The molecular weight excluding hydrogens is 260 g/mol. The van der Waals surface area contributed by atoms with E-state index in [-0.39, 0.29) is 12.5 Å². The normalized spacial score (nSPS) is 15.9. The zero-order chi connectivity index (χ0) is 15.0. The average molecular weight is 286 g/mol. The van der Waals surface area contributed by atoms with Crippen molar-refractivity contribution in [3.05, 3.63) is 0 Å². The van der Waals surface area contributed by atoms with Crippen LogP contribution in [0.5, 0.6) is 0 Å². The minimum absolute atomic E-state index is 0.0456. The smallest absolute Gasteiger partial charge is 0.317 e. The quantitative estimate of drug-likeness (QED) is 0.710. The number of carboxylic acid groups (broad SMARTS) is 1. The van der Waals surface area contributed by atoms with Crippen molar-refractivity contribution < 1.29 is 19.4 Å². The highest BCUT2D eigenvalue weighted by Crippen LogP contribution is 2.05. The topological polar surface area (TPSA) is 70.1 Å². The largest absolute Gasteiger partial charge is 0.480 e. The first-order chi connectivity index (χ1) is 9.49. The number of morpholine rings is 1. The van der Waals surface area contributed by atoms with Crippen LogP contribution in [0.25, 0.3) is 0 Å². The predicted molar refractivity (Wildman–Crippen MR) is 75.5 cm³/mol. The lowest BCUT2D eigenvalue weighted by molar-refractivity contribution is -0.138. The van der Waals surface area contributed by atoms with Gasteiger partial charge in [-0.05, 0) is 18.9 Å². The molecule has 0 radical (unpaired) electrons. The van der Waals surface area contributed by atoms with Gasteiger partial charge in [0.25, 0.3) is 0 Å². The molecule has 6 nitrogen and oxygen atoms in total. The Morgan fingerprint density at radius 1 is 1.30 bits per heavy atom. The van der Waals surface area contributed by atoms with Gasteiger partial charge in [-0.15, -0.1) is 0 Å². The summed E-state index contributed by atoms with van der Waals surface area (Å²) in [5.41, 5.74) is 0. The molecule has 0 aromatic heterocycles. The summed E-state index contributed by atoms with van der Waals surface area (Å²) in [7, 11) is 0. The molecule has 1 rings (SSSR count). The molecule has 0 spiro atoms. The summed E-state index contributed by atoms with van der Waals surface area (Å²) >= 11 is 0. The van der Waals surface area contributed by atoms with E-state index in [1.165, 1.54) is 0 Å². The molecular formula is C14H26N2O4. The minimum atomic E-state index is -0.815. The third kappa shape index (κ3) is 6.86. The molecule has 1 N–H and O–H groups in total. The van der Waals surface area contributed by atoms with Crippen molar-refractivity contribution in [2.45, 2.75) is 26.7 Å². The summed E-state index contributed by atoms with van der Waals surface area (Å²) in [6.07, 6.45) is 1.18. The monoisotopic (exact) mass is 286 g/mol. The predicted octanol–water partition coefficient (Wildman–Crippen LogP) is 0.668. The van der Waals surface area contributed by atoms with Crippen LogP contribution in [0.15, 0.2) is 0 Å². The van der Waals surface area contributed by atoms with Gasteiger partial charge in [-0.2, -0.15) is 0 Å². The number of aliphatic carboxylic acids is 1. The molecule has 1 fully saturated rings. The summed E-state index contributed by atoms with van der Waals surface area (Å²) < 4.78 is 5.21. The van der Waals surface area contributed by atoms with Crippen LogP contribution < -0.4 is 0 Å². The van der Waals surface area contributed by atoms with E-state index in [2.05, 4.69) is 13.8 Å². The Balaban J connectivity index is 2.27. The molecule has 20 heavy (non-hydrogen) atoms. The maximum Gasteiger partial charge on any atom is 0.317 e. The number of ether oxygens (including phenoxy) is 1. The second-order valence-corrected chi connectivity index (χ2v) is 5.62. The van der Waals surface area contributed by atoms with Gasteiger partial charge in [-0.3, -0.25) is 14.5 Å². The molecule has 1 heterocycles. The van der Waals surface area contributed by atoms with Crippen molar-refractivity contribution in [2.24, 2.45) is 5.92 Å². The molecule has 116 valence electrons. The van der Waals surface area contributed by atoms with Crippen molar-refractivity contribution >= 4 is 11.9 Å². The first-order valence-corrected chi connectivity index (χ1v) is 7.28. The zero-order valence-corrected chi connectivity index (χ0v) is 12.5. The number of nitrogens with zero attached hydrogens (tertiary/aromatic N) is 2. The second-order valence-electron chi connectivity index (χ2n) is 5.62. The maximum atomic E-state index is 12.0. The van der Waals surface area contributed by atoms with Crippen LogP contribution in [0.3, 0.4) is 0 Å². The Labute approximate surface area is 120 Å². The third-order valence-corrected chi connectivity index (χ3v) is 3.21. The van der Waals surface area contributed by atoms with Crippen LogP contribution in [-0.2, 0) is 14.3 Å². The second kappa shape index (κ2) is 8.92. The van der Waals surface area contributed by atoms with E-state index in [1.807, 2.05) is 9.80 Å². The van der Waals surface area contributed by atoms with Gasteiger partial charge in [-0.1, -0.05) is 13.8 Å². The van der Waals surface area contributed by atoms with Crippen LogP contribution in [0.2, 0.25) is 0 Å². The van der Waals surface area contributed by atoms with Gasteiger partial charge in [0.15, 0.2) is 0 Å². The van der Waals surface area contributed by atoms with Gasteiger partial charge < -0.3 is 14.7 Å². The highest BCUT2D eigenvalue weighted by Gasteiger charge is 2.17. The van der Waals surface area contributed by atoms with Crippen molar-refractivity contribution in [1.82, 2.24) is 9.80 Å². The molecule has 0 saturated carbocycles. The molecule has 0 aliphatic carbocycles. The van der Waals surface area contributed by atoms with E-state index in [0.717, 1.165) is 6.54 Å². The van der Waals surface area contributed by atoms with Crippen molar-refractivity contribution in [3.8, 4) is 0 Å². The van der Waals surface area contributed by atoms with E-state index >= 15 is 0 Å². The summed E-state index contributed by atoms with van der Waals surface area (Å²) in [5.74, 6) is -0.248. The number of rotatable bonds is 8. The number of hydrogen-bond donors (Lipinski definition) is 1. The van der Waals surface area contributed by atoms with Crippen LogP contribution in [0, 0.1) is 5.92 Å². The van der Waals surface area contributed by atoms with E-state index in [9.17, 15) is 9.59 Å². The Morgan fingerprint density at radius 3 is 2.50 bits per heavy atom. The lowest BCUT2D eigenvalue weighted by atomic mass is 10.2. The van der Waals surface area contributed by atoms with Gasteiger partial charge >= 0.3 is 5.97 Å². The van der Waals surface area contributed by atoms with Gasteiger partial charge in [0, 0.05) is 26.1 Å². The Kier molecular flexibility index (Phi) is 7.54. The van der Waals surface area contributed by atoms with Crippen molar-refractivity contribution in [2.75, 3.05) is 45.9 Å². The molecule has 0 aromatic carbocycles. The van der Waals surface area contributed by atoms with Gasteiger partial charge in [-0.25, -0.2) is 0 Å². The third-order valence-electron chi connectivity index (χ3n) is 3.21. The standard InChI is InChI=1S/C14H26N2O4/c1-12(2)10-15(11-14(18)19)5-3-4-13(17)16-6-8-20-9-7-16/h12H,3-11H2,1-2H3,(H,18,19). The fraction of sp³-hybridized carbons (Fsp3) is 0.857. The lowest BCUT2D eigenvalue weighted by Crippen LogP contribution is -2.41. The highest BCUT2D eigenvalue weighted by molar-refractivity contribution is 5.76. The number of hydrogen-bond acceptors (Lipinski definition) is 4.